The molecule has 30 heavy (non-hydrogen) atoms. The summed E-state index contributed by atoms with van der Waals surface area (Å²) in [5.74, 6) is 1.22. The number of rotatable bonds is 4. The van der Waals surface area contributed by atoms with E-state index in [2.05, 4.69) is 26.8 Å². The van der Waals surface area contributed by atoms with Crippen molar-refractivity contribution in [2.24, 2.45) is 4.99 Å². The molecule has 0 aliphatic carbocycles. The Hall–Kier alpha value is -1.27. The van der Waals surface area contributed by atoms with Crippen molar-refractivity contribution >= 4 is 17.4 Å². The number of aliphatic hydroxyl groups is 1. The minimum Gasteiger partial charge on any atom is -0.504 e. The van der Waals surface area contributed by atoms with Crippen LogP contribution >= 0.6 is 11.6 Å². The van der Waals surface area contributed by atoms with E-state index >= 15 is 0 Å². The van der Waals surface area contributed by atoms with Crippen LogP contribution in [0.15, 0.2) is 35.3 Å². The Morgan fingerprint density at radius 1 is 1.30 bits per heavy atom. The van der Waals surface area contributed by atoms with Crippen LogP contribution in [0.4, 0.5) is 0 Å². The first-order valence-corrected chi connectivity index (χ1v) is 9.98. The Morgan fingerprint density at radius 2 is 2.07 bits per heavy atom. The summed E-state index contributed by atoms with van der Waals surface area (Å²) >= 11 is 6.23. The van der Waals surface area contributed by atoms with Gasteiger partial charge in [0.2, 0.25) is 0 Å². The second kappa shape index (κ2) is 10.4. The van der Waals surface area contributed by atoms with Gasteiger partial charge in [0.05, 0.1) is 31.8 Å². The van der Waals surface area contributed by atoms with E-state index in [0.717, 1.165) is 42.6 Å². The summed E-state index contributed by atoms with van der Waals surface area (Å²) in [5.41, 5.74) is 9.36. The number of fused-ring (bicyclic) bond motifs is 1. The summed E-state index contributed by atoms with van der Waals surface area (Å²) in [6.45, 7) is 1.99. The smallest absolute Gasteiger partial charge is 0.160 e. The maximum Gasteiger partial charge on any atom is 0.160 e. The largest absolute Gasteiger partial charge is 0.504 e. The molecule has 9 heteroatoms. The number of piperidine rings is 1. The number of hydrazine groups is 1. The summed E-state index contributed by atoms with van der Waals surface area (Å²) in [6.07, 6.45) is 1.21. The number of hydrogen-bond donors (Lipinski definition) is 4. The van der Waals surface area contributed by atoms with Crippen molar-refractivity contribution in [1.29, 1.82) is 0 Å². The van der Waals surface area contributed by atoms with Crippen molar-refractivity contribution in [3.05, 3.63) is 58.1 Å². The quantitative estimate of drug-likeness (QED) is 0.380. The van der Waals surface area contributed by atoms with Gasteiger partial charge in [0.25, 0.3) is 0 Å². The number of nitrogens with zero attached hydrogens (tertiary/aromatic N) is 2. The van der Waals surface area contributed by atoms with Crippen molar-refractivity contribution in [3.8, 4) is 11.5 Å². The molecule has 1 unspecified atom stereocenters. The van der Waals surface area contributed by atoms with Crippen molar-refractivity contribution in [2.75, 3.05) is 20.2 Å². The van der Waals surface area contributed by atoms with E-state index < -0.39 is 0 Å². The molecular formula is C21H24ClN4O3U-. The van der Waals surface area contributed by atoms with Crippen molar-refractivity contribution < 1.29 is 46.1 Å². The number of likely N-dealkylation sites (tertiary alicyclic amines) is 1. The zero-order chi connectivity index (χ0) is 20.4. The molecule has 0 saturated carbocycles. The Kier molecular flexibility index (Phi) is 8.08. The average Bonchev–Trinajstić information content (AvgIpc) is 2.72. The van der Waals surface area contributed by atoms with Gasteiger partial charge in [0.15, 0.2) is 11.5 Å². The standard InChI is InChI=1S/C21H24ClN4O3.U/c1-29-19-5-2-13(10-18(19)28)12-23-20-16-4-3-14(22)11-17(16)21(25-24-20)26-8-6-15(27)7-9-26;/h2,4-5,10-11,15,21,25,27-28H,6-9,12H2,1H3,(H,23,24);/q-1;. The molecule has 0 bridgehead atoms. The van der Waals surface area contributed by atoms with Crippen molar-refractivity contribution in [3.63, 3.8) is 0 Å². The van der Waals surface area contributed by atoms with E-state index in [1.807, 2.05) is 18.2 Å². The van der Waals surface area contributed by atoms with Crippen molar-refractivity contribution in [1.82, 2.24) is 15.8 Å². The summed E-state index contributed by atoms with van der Waals surface area (Å²) in [7, 11) is 1.52. The maximum absolute atomic E-state index is 9.97. The first kappa shape index (κ1) is 23.4. The number of amidine groups is 1. The Labute approximate surface area is 204 Å². The van der Waals surface area contributed by atoms with E-state index in [9.17, 15) is 10.2 Å². The summed E-state index contributed by atoms with van der Waals surface area (Å²) in [6, 6.07) is 12.0. The normalized spacial score (nSPS) is 20.9. The van der Waals surface area contributed by atoms with Gasteiger partial charge < -0.3 is 20.4 Å². The molecule has 2 aromatic carbocycles. The van der Waals surface area contributed by atoms with Crippen LogP contribution < -0.4 is 15.6 Å². The second-order valence-corrected chi connectivity index (χ2v) is 7.67. The molecule has 0 radical (unpaired) electrons. The molecule has 2 aliphatic rings. The Morgan fingerprint density at radius 3 is 2.77 bits per heavy atom. The van der Waals surface area contributed by atoms with Crippen LogP contribution in [0.1, 0.15) is 35.7 Å². The number of nitrogens with one attached hydrogen (secondary N) is 2. The van der Waals surface area contributed by atoms with Crippen LogP contribution in [0.25, 0.3) is 0 Å². The maximum atomic E-state index is 9.97. The molecule has 4 rings (SSSR count). The molecule has 1 fully saturated rings. The Balaban J connectivity index is 0.00000256. The van der Waals surface area contributed by atoms with Gasteiger partial charge in [0.1, 0.15) is 0 Å². The number of aliphatic hydroxyl groups excluding tert-OH is 1. The number of aromatic hydroxyl groups is 1. The third-order valence-corrected chi connectivity index (χ3v) is 5.57. The van der Waals surface area contributed by atoms with Crippen LogP contribution in [0.2, 0.25) is 5.02 Å². The fraction of sp³-hybridized carbons (Fsp3) is 0.381. The monoisotopic (exact) mass is 653 g/mol. The van der Waals surface area contributed by atoms with Crippen LogP contribution in [-0.4, -0.2) is 47.3 Å². The number of methoxy groups -OCH3 is 1. The predicted molar refractivity (Wildman–Crippen MR) is 111 cm³/mol. The minimum absolute atomic E-state index is 0. The fourth-order valence-corrected chi connectivity index (χ4v) is 3.93. The zero-order valence-corrected chi connectivity index (χ0v) is 21.6. The zero-order valence-electron chi connectivity index (χ0n) is 16.7. The average molecular weight is 654 g/mol. The van der Waals surface area contributed by atoms with Gasteiger partial charge in [0, 0.05) is 44.2 Å². The molecule has 2 aliphatic heterocycles. The molecule has 0 spiro atoms. The van der Waals surface area contributed by atoms with Crippen LogP contribution in [0.3, 0.4) is 0 Å². The number of phenols is 1. The molecule has 0 aromatic heterocycles. The molecule has 7 nitrogen and oxygen atoms in total. The molecule has 2 heterocycles. The van der Waals surface area contributed by atoms with Crippen LogP contribution in [0, 0.1) is 37.2 Å². The van der Waals surface area contributed by atoms with Crippen LogP contribution in [-0.2, 0) is 6.54 Å². The first-order chi connectivity index (χ1) is 14.0. The van der Waals surface area contributed by atoms with E-state index in [4.69, 9.17) is 16.3 Å². The number of aliphatic imine (C=N–C) groups is 1. The molecule has 1 saturated heterocycles. The second-order valence-electron chi connectivity index (χ2n) is 7.26. The number of halogens is 1. The molecule has 1 atom stereocenters. The van der Waals surface area contributed by atoms with Crippen LogP contribution in [0.5, 0.6) is 11.5 Å². The summed E-state index contributed by atoms with van der Waals surface area (Å²) < 4.78 is 5.08. The minimum atomic E-state index is -0.229. The number of benzene rings is 2. The van der Waals surface area contributed by atoms with E-state index in [-0.39, 0.29) is 49.1 Å². The van der Waals surface area contributed by atoms with E-state index in [0.29, 0.717) is 23.2 Å². The topological polar surface area (TPSA) is 89.4 Å². The Bertz CT molecular complexity index is 919. The van der Waals surface area contributed by atoms with Gasteiger partial charge >= 0.3 is 0 Å². The van der Waals surface area contributed by atoms with Gasteiger partial charge in [-0.1, -0.05) is 16.7 Å². The van der Waals surface area contributed by atoms with Gasteiger partial charge in [-0.05, 0) is 30.5 Å². The van der Waals surface area contributed by atoms with E-state index in [1.165, 1.54) is 7.11 Å². The van der Waals surface area contributed by atoms with Gasteiger partial charge in [-0.15, -0.1) is 23.2 Å². The first-order valence-electron chi connectivity index (χ1n) is 9.60. The summed E-state index contributed by atoms with van der Waals surface area (Å²) in [4.78, 5) is 6.97. The molecule has 4 N–H and O–H groups in total. The third-order valence-electron chi connectivity index (χ3n) is 5.35. The van der Waals surface area contributed by atoms with E-state index in [1.54, 1.807) is 12.1 Å². The van der Waals surface area contributed by atoms with Gasteiger partial charge in [-0.2, -0.15) is 12.1 Å². The number of hydrogen-bond acceptors (Lipinski definition) is 6. The molecule has 0 amide bonds. The third kappa shape index (κ3) is 5.13. The molecular weight excluding hydrogens is 630 g/mol. The molecule has 2 aromatic rings. The molecule has 158 valence electrons. The van der Waals surface area contributed by atoms with Gasteiger partial charge in [-0.25, -0.2) is 5.43 Å². The number of phenolic OH excluding ortho intramolecular Hbond substituents is 1. The number of ether oxygens (including phenoxy) is 1. The predicted octanol–water partition coefficient (Wildman–Crippen LogP) is 2.36. The fourth-order valence-electron chi connectivity index (χ4n) is 3.75. The van der Waals surface area contributed by atoms with Crippen molar-refractivity contribution in [2.45, 2.75) is 31.7 Å². The van der Waals surface area contributed by atoms with Gasteiger partial charge in [-0.3, -0.25) is 9.89 Å². The SMILES string of the molecule is COc1ccc(CN=C2NNC(N3CCC(O)CC3)c3cc(Cl)[c-]cc32)cc1O.[U]. The summed E-state index contributed by atoms with van der Waals surface area (Å²) in [5, 5.41) is 20.3.